The van der Waals surface area contributed by atoms with E-state index in [0.29, 0.717) is 12.3 Å². The third kappa shape index (κ3) is 2.92. The molecule has 2 fully saturated rings. The minimum atomic E-state index is -0.775. The third-order valence-corrected chi connectivity index (χ3v) is 6.77. The summed E-state index contributed by atoms with van der Waals surface area (Å²) in [5, 5.41) is 12.3. The van der Waals surface area contributed by atoms with Crippen LogP contribution in [0.1, 0.15) is 66.2 Å². The van der Waals surface area contributed by atoms with E-state index in [2.05, 4.69) is 20.8 Å². The van der Waals surface area contributed by atoms with Crippen LogP contribution in [-0.4, -0.2) is 35.8 Å². The zero-order valence-electron chi connectivity index (χ0n) is 15.1. The van der Waals surface area contributed by atoms with E-state index in [1.165, 1.54) is 25.0 Å². The van der Waals surface area contributed by atoms with E-state index in [0.717, 1.165) is 19.3 Å². The fourth-order valence-electron chi connectivity index (χ4n) is 5.48. The summed E-state index contributed by atoms with van der Waals surface area (Å²) in [6, 6.07) is 0. The highest BCUT2D eigenvalue weighted by Crippen LogP contribution is 2.62. The van der Waals surface area contributed by atoms with Gasteiger partial charge in [-0.1, -0.05) is 27.2 Å². The summed E-state index contributed by atoms with van der Waals surface area (Å²) in [6.45, 7) is 8.93. The highest BCUT2D eigenvalue weighted by molar-refractivity contribution is 5.75. The maximum Gasteiger partial charge on any atom is 0.246 e. The molecule has 0 aliphatic heterocycles. The van der Waals surface area contributed by atoms with Gasteiger partial charge in [0.1, 0.15) is 0 Å². The molecule has 1 unspecified atom stereocenters. The second-order valence-corrected chi connectivity index (χ2v) is 8.63. The van der Waals surface area contributed by atoms with Crippen LogP contribution < -0.4 is 0 Å². The molecule has 1 amide bonds. The van der Waals surface area contributed by atoms with Crippen LogP contribution in [0, 0.1) is 22.7 Å². The number of fused-ring (bicyclic) bond motifs is 1. The second-order valence-electron chi connectivity index (χ2n) is 8.63. The van der Waals surface area contributed by atoms with Crippen LogP contribution in [0.3, 0.4) is 0 Å². The van der Waals surface area contributed by atoms with Crippen molar-refractivity contribution in [3.8, 4) is 0 Å². The number of carbonyl (C=O) groups is 1. The second kappa shape index (κ2) is 5.79. The van der Waals surface area contributed by atoms with Crippen LogP contribution in [0.4, 0.5) is 0 Å². The summed E-state index contributed by atoms with van der Waals surface area (Å²) in [5.41, 5.74) is -0.464. The fourth-order valence-corrected chi connectivity index (χ4v) is 5.48. The Bertz CT molecular complexity index is 432. The summed E-state index contributed by atoms with van der Waals surface area (Å²) in [6.07, 6.45) is 5.73. The first-order valence-corrected chi connectivity index (χ1v) is 8.57. The van der Waals surface area contributed by atoms with Gasteiger partial charge in [0.2, 0.25) is 5.91 Å². The number of amides is 1. The number of carbonyl (C=O) groups excluding carboxylic acids is 1. The number of hydrogen-bond acceptors (Lipinski definition) is 3. The maximum absolute atomic E-state index is 12.4. The van der Waals surface area contributed by atoms with Crippen LogP contribution in [0.25, 0.3) is 0 Å². The van der Waals surface area contributed by atoms with Gasteiger partial charge in [0.05, 0.1) is 12.7 Å². The summed E-state index contributed by atoms with van der Waals surface area (Å²) in [5.74, 6) is 0.515. The average Bonchev–Trinajstić information content (AvgIpc) is 2.40. The first-order chi connectivity index (χ1) is 10.0. The Morgan fingerprint density at radius 3 is 2.45 bits per heavy atom. The van der Waals surface area contributed by atoms with E-state index in [9.17, 15) is 9.90 Å². The lowest BCUT2D eigenvalue weighted by Crippen LogP contribution is -2.58. The molecule has 4 atom stereocenters. The van der Waals surface area contributed by atoms with E-state index in [-0.39, 0.29) is 22.7 Å². The van der Waals surface area contributed by atoms with Crippen LogP contribution in [-0.2, 0) is 9.63 Å². The molecule has 1 N–H and O–H groups in total. The number of hydrogen-bond donors (Lipinski definition) is 1. The van der Waals surface area contributed by atoms with E-state index in [1.54, 1.807) is 7.05 Å². The smallest absolute Gasteiger partial charge is 0.246 e. The van der Waals surface area contributed by atoms with Crippen molar-refractivity contribution in [2.45, 2.75) is 71.8 Å². The van der Waals surface area contributed by atoms with Crippen molar-refractivity contribution >= 4 is 5.91 Å². The number of aliphatic hydroxyl groups is 1. The molecule has 0 aromatic heterocycles. The van der Waals surface area contributed by atoms with Crippen molar-refractivity contribution in [3.63, 3.8) is 0 Å². The summed E-state index contributed by atoms with van der Waals surface area (Å²) in [4.78, 5) is 17.4. The largest absolute Gasteiger partial charge is 0.390 e. The zero-order chi connectivity index (χ0) is 16.8. The zero-order valence-corrected chi connectivity index (χ0v) is 15.1. The van der Waals surface area contributed by atoms with E-state index >= 15 is 0 Å². The molecule has 4 heteroatoms. The molecule has 128 valence electrons. The Hall–Kier alpha value is -0.610. The first kappa shape index (κ1) is 17.7. The van der Waals surface area contributed by atoms with E-state index < -0.39 is 5.60 Å². The topological polar surface area (TPSA) is 49.8 Å². The van der Waals surface area contributed by atoms with Gasteiger partial charge in [-0.05, 0) is 49.4 Å². The summed E-state index contributed by atoms with van der Waals surface area (Å²) < 4.78 is 0. The monoisotopic (exact) mass is 311 g/mol. The van der Waals surface area contributed by atoms with Gasteiger partial charge < -0.3 is 5.11 Å². The Morgan fingerprint density at radius 2 is 1.86 bits per heavy atom. The molecule has 0 bridgehead atoms. The van der Waals surface area contributed by atoms with Gasteiger partial charge in [0.25, 0.3) is 0 Å². The Balaban J connectivity index is 2.32. The van der Waals surface area contributed by atoms with E-state index in [1.807, 2.05) is 6.92 Å². The summed E-state index contributed by atoms with van der Waals surface area (Å²) >= 11 is 0. The quantitative estimate of drug-likeness (QED) is 0.813. The average molecular weight is 311 g/mol. The van der Waals surface area contributed by atoms with Crippen LogP contribution in [0.2, 0.25) is 0 Å². The number of nitrogens with zero attached hydrogens (tertiary/aromatic N) is 1. The Kier molecular flexibility index (Phi) is 4.67. The molecule has 0 saturated heterocycles. The highest BCUT2D eigenvalue weighted by Gasteiger charge is 2.58. The number of hydroxylamine groups is 2. The van der Waals surface area contributed by atoms with Gasteiger partial charge >= 0.3 is 0 Å². The van der Waals surface area contributed by atoms with Crippen molar-refractivity contribution in [1.29, 1.82) is 0 Å². The highest BCUT2D eigenvalue weighted by atomic mass is 16.7. The molecule has 0 aromatic rings. The Morgan fingerprint density at radius 1 is 1.23 bits per heavy atom. The molecule has 0 radical (unpaired) electrons. The SMILES string of the molecule is CON(C)C(=O)C[C@@H]1[C@@]2(C)CCCC(C)(C)C2CC[C@@]1(C)O. The standard InChI is InChI=1S/C18H33NO3/c1-16(2)9-7-10-17(3)13(16)8-11-18(4,21)14(17)12-15(20)19(5)22-6/h13-14,21H,7-12H2,1-6H3/t13?,14-,17+,18-/m1/s1. The van der Waals surface area contributed by atoms with Crippen molar-refractivity contribution in [1.82, 2.24) is 5.06 Å². The van der Waals surface area contributed by atoms with Gasteiger partial charge in [-0.25, -0.2) is 5.06 Å². The lowest BCUT2D eigenvalue weighted by molar-refractivity contribution is -0.191. The van der Waals surface area contributed by atoms with Crippen molar-refractivity contribution < 1.29 is 14.7 Å². The summed E-state index contributed by atoms with van der Waals surface area (Å²) in [7, 11) is 3.15. The molecule has 2 saturated carbocycles. The molecule has 0 spiro atoms. The van der Waals surface area contributed by atoms with Gasteiger partial charge in [0.15, 0.2) is 0 Å². The van der Waals surface area contributed by atoms with Crippen LogP contribution in [0.15, 0.2) is 0 Å². The third-order valence-electron chi connectivity index (χ3n) is 6.77. The lowest BCUT2D eigenvalue weighted by atomic mass is 9.45. The predicted molar refractivity (Wildman–Crippen MR) is 87.0 cm³/mol. The minimum Gasteiger partial charge on any atom is -0.390 e. The van der Waals surface area contributed by atoms with Gasteiger partial charge in [-0.15, -0.1) is 0 Å². The predicted octanol–water partition coefficient (Wildman–Crippen LogP) is 3.39. The molecule has 0 aromatic carbocycles. The normalized spacial score (nSPS) is 40.9. The van der Waals surface area contributed by atoms with Crippen molar-refractivity contribution in [2.75, 3.05) is 14.2 Å². The molecule has 2 rings (SSSR count). The molecular weight excluding hydrogens is 278 g/mol. The first-order valence-electron chi connectivity index (χ1n) is 8.57. The van der Waals surface area contributed by atoms with Crippen LogP contribution >= 0.6 is 0 Å². The van der Waals surface area contributed by atoms with E-state index in [4.69, 9.17) is 4.84 Å². The van der Waals surface area contributed by atoms with Gasteiger partial charge in [-0.2, -0.15) is 0 Å². The molecule has 0 heterocycles. The van der Waals surface area contributed by atoms with Crippen molar-refractivity contribution in [3.05, 3.63) is 0 Å². The van der Waals surface area contributed by atoms with Gasteiger partial charge in [-0.3, -0.25) is 9.63 Å². The van der Waals surface area contributed by atoms with Crippen LogP contribution in [0.5, 0.6) is 0 Å². The molecular formula is C18H33NO3. The molecule has 4 nitrogen and oxygen atoms in total. The fraction of sp³-hybridized carbons (Fsp3) is 0.944. The Labute approximate surface area is 135 Å². The number of rotatable bonds is 3. The molecule has 22 heavy (non-hydrogen) atoms. The molecule has 2 aliphatic rings. The lowest BCUT2D eigenvalue weighted by Gasteiger charge is -2.61. The maximum atomic E-state index is 12.4. The van der Waals surface area contributed by atoms with Crippen molar-refractivity contribution in [2.24, 2.45) is 22.7 Å². The van der Waals surface area contributed by atoms with Gasteiger partial charge in [0, 0.05) is 19.4 Å². The molecule has 2 aliphatic carbocycles. The minimum absolute atomic E-state index is 0.0107.